The average molecular weight is 450 g/mol. The fourth-order valence-corrected chi connectivity index (χ4v) is 5.14. The van der Waals surface area contributed by atoms with Crippen LogP contribution in [0.15, 0.2) is 58.5 Å². The topological polar surface area (TPSA) is 64.0 Å². The minimum atomic E-state index is -0.353. The van der Waals surface area contributed by atoms with E-state index in [0.717, 1.165) is 24.9 Å². The van der Waals surface area contributed by atoms with Gasteiger partial charge >= 0.3 is 0 Å². The van der Waals surface area contributed by atoms with E-state index < -0.39 is 0 Å². The van der Waals surface area contributed by atoms with Crippen LogP contribution in [0.5, 0.6) is 0 Å². The van der Waals surface area contributed by atoms with Crippen LogP contribution in [0.2, 0.25) is 0 Å². The van der Waals surface area contributed by atoms with Crippen molar-refractivity contribution < 1.29 is 4.79 Å². The SMILES string of the molecule is CCC(C)c1ccc(-n2c(SC(C)C(=O)NC3CCCC3)nc3ccccc3c2=O)cc1. The molecule has 4 rings (SSSR count). The van der Waals surface area contributed by atoms with Gasteiger partial charge in [-0.25, -0.2) is 4.98 Å². The van der Waals surface area contributed by atoms with Crippen molar-refractivity contribution >= 4 is 28.6 Å². The van der Waals surface area contributed by atoms with Crippen LogP contribution in [-0.2, 0) is 4.79 Å². The predicted octanol–water partition coefficient (Wildman–Crippen LogP) is 5.44. The Morgan fingerprint density at radius 1 is 1.12 bits per heavy atom. The Morgan fingerprint density at radius 3 is 2.50 bits per heavy atom. The van der Waals surface area contributed by atoms with Crippen molar-refractivity contribution in [1.29, 1.82) is 0 Å². The molecule has 1 saturated carbocycles. The molecule has 2 atom stereocenters. The first kappa shape index (κ1) is 22.6. The van der Waals surface area contributed by atoms with Gasteiger partial charge in [-0.15, -0.1) is 0 Å². The standard InChI is InChI=1S/C26H31N3O2S/c1-4-17(2)19-13-15-21(16-14-19)29-25(31)22-11-7-8-12-23(22)28-26(29)32-18(3)24(30)27-20-9-5-6-10-20/h7-8,11-18,20H,4-6,9-10H2,1-3H3,(H,27,30). The Hall–Kier alpha value is -2.60. The molecular weight excluding hydrogens is 418 g/mol. The predicted molar refractivity (Wildman–Crippen MR) is 132 cm³/mol. The molecule has 6 heteroatoms. The largest absolute Gasteiger partial charge is 0.352 e. The number of hydrogen-bond donors (Lipinski definition) is 1. The highest BCUT2D eigenvalue weighted by Crippen LogP contribution is 2.27. The van der Waals surface area contributed by atoms with E-state index in [4.69, 9.17) is 4.98 Å². The minimum Gasteiger partial charge on any atom is -0.352 e. The number of benzene rings is 2. The lowest BCUT2D eigenvalue weighted by atomic mass is 9.98. The van der Waals surface area contributed by atoms with Crippen LogP contribution in [-0.4, -0.2) is 26.8 Å². The van der Waals surface area contributed by atoms with Gasteiger partial charge < -0.3 is 5.32 Å². The average Bonchev–Trinajstić information content (AvgIpc) is 3.32. The Bertz CT molecular complexity index is 1150. The summed E-state index contributed by atoms with van der Waals surface area (Å²) >= 11 is 1.34. The van der Waals surface area contributed by atoms with E-state index in [1.807, 2.05) is 37.3 Å². The van der Waals surface area contributed by atoms with Crippen molar-refractivity contribution in [3.05, 3.63) is 64.4 Å². The first-order valence-electron chi connectivity index (χ1n) is 11.6. The van der Waals surface area contributed by atoms with Gasteiger partial charge in [0.1, 0.15) is 0 Å². The number of fused-ring (bicyclic) bond motifs is 1. The summed E-state index contributed by atoms with van der Waals surface area (Å²) in [5.74, 6) is 0.464. The molecule has 1 aromatic heterocycles. The third kappa shape index (κ3) is 4.75. The maximum absolute atomic E-state index is 13.5. The zero-order chi connectivity index (χ0) is 22.7. The van der Waals surface area contributed by atoms with Gasteiger partial charge in [-0.2, -0.15) is 0 Å². The van der Waals surface area contributed by atoms with E-state index in [1.54, 1.807) is 10.6 Å². The molecule has 2 aromatic carbocycles. The molecule has 0 bridgehead atoms. The fraction of sp³-hybridized carbons (Fsp3) is 0.423. The molecule has 2 unspecified atom stereocenters. The van der Waals surface area contributed by atoms with Crippen molar-refractivity contribution in [2.75, 3.05) is 0 Å². The molecular formula is C26H31N3O2S. The number of hydrogen-bond acceptors (Lipinski definition) is 4. The number of nitrogens with zero attached hydrogens (tertiary/aromatic N) is 2. The molecule has 0 saturated heterocycles. The Labute approximate surface area is 193 Å². The lowest BCUT2D eigenvalue weighted by Crippen LogP contribution is -2.38. The number of amides is 1. The maximum Gasteiger partial charge on any atom is 0.266 e. The number of nitrogens with one attached hydrogen (secondary N) is 1. The van der Waals surface area contributed by atoms with E-state index in [1.165, 1.54) is 30.2 Å². The van der Waals surface area contributed by atoms with Crippen LogP contribution in [0.4, 0.5) is 0 Å². The van der Waals surface area contributed by atoms with Crippen LogP contribution >= 0.6 is 11.8 Å². The minimum absolute atomic E-state index is 0.00276. The zero-order valence-electron chi connectivity index (χ0n) is 19.0. The van der Waals surface area contributed by atoms with Crippen LogP contribution < -0.4 is 10.9 Å². The van der Waals surface area contributed by atoms with Gasteiger partial charge in [-0.1, -0.05) is 62.7 Å². The first-order chi connectivity index (χ1) is 15.5. The summed E-state index contributed by atoms with van der Waals surface area (Å²) in [7, 11) is 0. The molecule has 5 nitrogen and oxygen atoms in total. The lowest BCUT2D eigenvalue weighted by molar-refractivity contribution is -0.120. The normalized spacial score (nSPS) is 16.2. The third-order valence-corrected chi connectivity index (χ3v) is 7.48. The number of carbonyl (C=O) groups is 1. The van der Waals surface area contributed by atoms with Gasteiger partial charge in [0.25, 0.3) is 5.56 Å². The molecule has 3 aromatic rings. The van der Waals surface area contributed by atoms with Crippen LogP contribution in [0.25, 0.3) is 16.6 Å². The van der Waals surface area contributed by atoms with E-state index in [-0.39, 0.29) is 22.8 Å². The Kier molecular flexibility index (Phi) is 6.99. The maximum atomic E-state index is 13.5. The van der Waals surface area contributed by atoms with Gasteiger partial charge in [0, 0.05) is 6.04 Å². The van der Waals surface area contributed by atoms with Crippen molar-refractivity contribution in [2.45, 2.75) is 75.2 Å². The summed E-state index contributed by atoms with van der Waals surface area (Å²) < 4.78 is 1.65. The van der Waals surface area contributed by atoms with E-state index >= 15 is 0 Å². The number of aromatic nitrogens is 2. The number of para-hydroxylation sites is 1. The van der Waals surface area contributed by atoms with E-state index in [9.17, 15) is 9.59 Å². The first-order valence-corrected chi connectivity index (χ1v) is 12.4. The smallest absolute Gasteiger partial charge is 0.266 e. The van der Waals surface area contributed by atoms with Gasteiger partial charge in [-0.3, -0.25) is 14.2 Å². The summed E-state index contributed by atoms with van der Waals surface area (Å²) in [6, 6.07) is 15.8. The van der Waals surface area contributed by atoms with Gasteiger partial charge in [0.2, 0.25) is 5.91 Å². The van der Waals surface area contributed by atoms with Crippen LogP contribution in [0, 0.1) is 0 Å². The quantitative estimate of drug-likeness (QED) is 0.385. The molecule has 1 amide bonds. The lowest BCUT2D eigenvalue weighted by Gasteiger charge is -2.19. The second-order valence-corrected chi connectivity index (χ2v) is 10.0. The van der Waals surface area contributed by atoms with Crippen molar-refractivity contribution in [2.24, 2.45) is 0 Å². The number of thioether (sulfide) groups is 1. The van der Waals surface area contributed by atoms with Gasteiger partial charge in [0.15, 0.2) is 5.16 Å². The summed E-state index contributed by atoms with van der Waals surface area (Å²) in [6.45, 7) is 6.25. The van der Waals surface area contributed by atoms with Crippen LogP contribution in [0.3, 0.4) is 0 Å². The molecule has 1 heterocycles. The van der Waals surface area contributed by atoms with Crippen molar-refractivity contribution in [1.82, 2.24) is 14.9 Å². The molecule has 1 fully saturated rings. The van der Waals surface area contributed by atoms with E-state index in [2.05, 4.69) is 31.3 Å². The Morgan fingerprint density at radius 2 is 1.81 bits per heavy atom. The molecule has 1 aliphatic rings. The van der Waals surface area contributed by atoms with Gasteiger partial charge in [0.05, 0.1) is 21.8 Å². The molecule has 0 radical (unpaired) electrons. The van der Waals surface area contributed by atoms with Crippen molar-refractivity contribution in [3.63, 3.8) is 0 Å². The summed E-state index contributed by atoms with van der Waals surface area (Å²) in [5, 5.41) is 3.92. The second-order valence-electron chi connectivity index (χ2n) is 8.70. The highest BCUT2D eigenvalue weighted by Gasteiger charge is 2.24. The molecule has 1 aliphatic carbocycles. The van der Waals surface area contributed by atoms with Gasteiger partial charge in [-0.05, 0) is 61.9 Å². The number of carbonyl (C=O) groups excluding carboxylic acids is 1. The Balaban J connectivity index is 1.70. The van der Waals surface area contributed by atoms with E-state index in [0.29, 0.717) is 22.0 Å². The molecule has 0 aliphatic heterocycles. The zero-order valence-corrected chi connectivity index (χ0v) is 19.8. The van der Waals surface area contributed by atoms with Crippen molar-refractivity contribution in [3.8, 4) is 5.69 Å². The third-order valence-electron chi connectivity index (χ3n) is 6.43. The summed E-state index contributed by atoms with van der Waals surface area (Å²) in [5.41, 5.74) is 2.55. The molecule has 0 spiro atoms. The molecule has 32 heavy (non-hydrogen) atoms. The number of rotatable bonds is 7. The highest BCUT2D eigenvalue weighted by atomic mass is 32.2. The monoisotopic (exact) mass is 449 g/mol. The summed E-state index contributed by atoms with van der Waals surface area (Å²) in [4.78, 5) is 31.1. The second kappa shape index (κ2) is 9.90. The highest BCUT2D eigenvalue weighted by molar-refractivity contribution is 8.00. The van der Waals surface area contributed by atoms with Crippen LogP contribution in [0.1, 0.15) is 64.4 Å². The fourth-order valence-electron chi connectivity index (χ4n) is 4.21. The molecule has 168 valence electrons. The molecule has 1 N–H and O–H groups in total. The summed E-state index contributed by atoms with van der Waals surface area (Å²) in [6.07, 6.45) is 5.50.